The van der Waals surface area contributed by atoms with Gasteiger partial charge in [0.1, 0.15) is 0 Å². The Morgan fingerprint density at radius 1 is 1.00 bits per heavy atom. The second-order valence-corrected chi connectivity index (χ2v) is 10.6. The van der Waals surface area contributed by atoms with Crippen LogP contribution in [0.1, 0.15) is 63.0 Å². The van der Waals surface area contributed by atoms with Gasteiger partial charge in [-0.05, 0) is 86.8 Å². The minimum absolute atomic E-state index is 0.244. The van der Waals surface area contributed by atoms with E-state index in [4.69, 9.17) is 23.2 Å². The normalized spacial score (nSPS) is 19.1. The highest BCUT2D eigenvalue weighted by Gasteiger charge is 2.52. The highest BCUT2D eigenvalue weighted by Crippen LogP contribution is 2.53. The van der Waals surface area contributed by atoms with Gasteiger partial charge >= 0.3 is 0 Å². The van der Waals surface area contributed by atoms with E-state index in [9.17, 15) is 4.79 Å². The van der Waals surface area contributed by atoms with E-state index in [0.29, 0.717) is 11.9 Å². The van der Waals surface area contributed by atoms with Crippen molar-refractivity contribution in [3.05, 3.63) is 57.6 Å². The number of carbonyl (C=O) groups excluding carboxylic acids is 1. The molecule has 2 aromatic rings. The van der Waals surface area contributed by atoms with E-state index >= 15 is 0 Å². The Morgan fingerprint density at radius 3 is 2.28 bits per heavy atom. The second kappa shape index (κ2) is 8.91. The van der Waals surface area contributed by atoms with Crippen LogP contribution >= 0.6 is 23.2 Å². The summed E-state index contributed by atoms with van der Waals surface area (Å²) in [6.45, 7) is 3.90. The summed E-state index contributed by atoms with van der Waals surface area (Å²) in [4.78, 5) is 18.3. The van der Waals surface area contributed by atoms with Crippen LogP contribution in [0.25, 0.3) is 0 Å². The van der Waals surface area contributed by atoms with Crippen molar-refractivity contribution < 1.29 is 4.79 Å². The maximum absolute atomic E-state index is 13.7. The lowest BCUT2D eigenvalue weighted by atomic mass is 9.93. The standard InChI is InChI=1S/C27H32Cl2N2O/c1-2-3-6-19-17-23(29)20(18-22(19)28)11-12-27(13-14-27)26(32)31-16-15-30(21-9-10-21)24-7-4-5-8-25(24)31/h4-5,7-8,17-18,21H,2-3,6,9-16H2,1H3. The largest absolute Gasteiger partial charge is 0.365 e. The number of carbonyl (C=O) groups is 1. The summed E-state index contributed by atoms with van der Waals surface area (Å²) in [5, 5.41) is 1.59. The number of nitrogens with zero attached hydrogens (tertiary/aromatic N) is 2. The van der Waals surface area contributed by atoms with Gasteiger partial charge in [-0.2, -0.15) is 0 Å². The number of hydrogen-bond acceptors (Lipinski definition) is 2. The molecule has 0 aromatic heterocycles. The molecule has 0 bridgehead atoms. The van der Waals surface area contributed by atoms with Gasteiger partial charge in [-0.3, -0.25) is 4.79 Å². The highest BCUT2D eigenvalue weighted by molar-refractivity contribution is 6.34. The smallest absolute Gasteiger partial charge is 0.233 e. The molecule has 5 heteroatoms. The molecule has 170 valence electrons. The lowest BCUT2D eigenvalue weighted by molar-refractivity contribution is -0.123. The first-order valence-corrected chi connectivity index (χ1v) is 12.9. The SMILES string of the molecule is CCCCc1cc(Cl)c(CCC2(C(=O)N3CCN(C4CC4)c4ccccc43)CC2)cc1Cl. The van der Waals surface area contributed by atoms with Crippen molar-refractivity contribution in [2.45, 2.75) is 70.8 Å². The molecule has 3 aliphatic rings. The number of rotatable bonds is 8. The van der Waals surface area contributed by atoms with Crippen molar-refractivity contribution in [3.8, 4) is 0 Å². The summed E-state index contributed by atoms with van der Waals surface area (Å²) in [7, 11) is 0. The fourth-order valence-electron chi connectivity index (χ4n) is 5.12. The van der Waals surface area contributed by atoms with Crippen LogP contribution in [0.3, 0.4) is 0 Å². The van der Waals surface area contributed by atoms with Crippen LogP contribution in [-0.4, -0.2) is 25.0 Å². The Bertz CT molecular complexity index is 1010. The molecule has 1 aliphatic heterocycles. The summed E-state index contributed by atoms with van der Waals surface area (Å²) in [5.74, 6) is 0.294. The van der Waals surface area contributed by atoms with Crippen LogP contribution in [-0.2, 0) is 17.6 Å². The van der Waals surface area contributed by atoms with Crippen molar-refractivity contribution in [3.63, 3.8) is 0 Å². The van der Waals surface area contributed by atoms with Crippen molar-refractivity contribution in [2.24, 2.45) is 5.41 Å². The number of hydrogen-bond donors (Lipinski definition) is 0. The molecule has 1 heterocycles. The van der Waals surface area contributed by atoms with Crippen molar-refractivity contribution in [1.82, 2.24) is 0 Å². The number of benzene rings is 2. The van der Waals surface area contributed by atoms with Crippen LogP contribution < -0.4 is 9.80 Å². The van der Waals surface area contributed by atoms with E-state index in [1.165, 1.54) is 18.5 Å². The molecule has 2 saturated carbocycles. The van der Waals surface area contributed by atoms with Gasteiger partial charge < -0.3 is 9.80 Å². The van der Waals surface area contributed by atoms with Crippen LogP contribution in [0.5, 0.6) is 0 Å². The maximum atomic E-state index is 13.7. The summed E-state index contributed by atoms with van der Waals surface area (Å²) in [6, 6.07) is 13.2. The molecule has 5 rings (SSSR count). The number of fused-ring (bicyclic) bond motifs is 1. The molecule has 3 nitrogen and oxygen atoms in total. The summed E-state index contributed by atoms with van der Waals surface area (Å²) in [5.41, 5.74) is 4.26. The molecule has 0 atom stereocenters. The number of aryl methyl sites for hydroxylation is 2. The van der Waals surface area contributed by atoms with Crippen molar-refractivity contribution in [2.75, 3.05) is 22.9 Å². The predicted octanol–water partition coefficient (Wildman–Crippen LogP) is 7.06. The van der Waals surface area contributed by atoms with Gasteiger partial charge in [-0.25, -0.2) is 0 Å². The summed E-state index contributed by atoms with van der Waals surface area (Å²) in [6.07, 6.45) is 9.32. The van der Waals surface area contributed by atoms with Gasteiger partial charge in [0.05, 0.1) is 16.8 Å². The van der Waals surface area contributed by atoms with Crippen LogP contribution in [0.2, 0.25) is 10.0 Å². The lowest BCUT2D eigenvalue weighted by Gasteiger charge is -2.39. The van der Waals surface area contributed by atoms with E-state index < -0.39 is 0 Å². The Balaban J connectivity index is 1.30. The summed E-state index contributed by atoms with van der Waals surface area (Å²) >= 11 is 13.2. The summed E-state index contributed by atoms with van der Waals surface area (Å²) < 4.78 is 0. The molecule has 2 fully saturated rings. The molecule has 0 spiro atoms. The van der Waals surface area contributed by atoms with E-state index in [0.717, 1.165) is 84.9 Å². The second-order valence-electron chi connectivity index (χ2n) is 9.79. The zero-order chi connectivity index (χ0) is 22.3. The Hall–Kier alpha value is -1.71. The lowest BCUT2D eigenvalue weighted by Crippen LogP contribution is -2.47. The molecule has 0 unspecified atom stereocenters. The van der Waals surface area contributed by atoms with Gasteiger partial charge in [0.25, 0.3) is 0 Å². The number of halogens is 2. The molecular weight excluding hydrogens is 439 g/mol. The molecule has 0 saturated heterocycles. The molecule has 0 radical (unpaired) electrons. The average molecular weight is 471 g/mol. The topological polar surface area (TPSA) is 23.6 Å². The van der Waals surface area contributed by atoms with Gasteiger partial charge in [0.2, 0.25) is 5.91 Å². The monoisotopic (exact) mass is 470 g/mol. The minimum atomic E-state index is -0.244. The molecule has 0 N–H and O–H groups in total. The first-order valence-electron chi connectivity index (χ1n) is 12.2. The van der Waals surface area contributed by atoms with Crippen LogP contribution in [0.15, 0.2) is 36.4 Å². The highest BCUT2D eigenvalue weighted by atomic mass is 35.5. The third-order valence-electron chi connectivity index (χ3n) is 7.47. The van der Waals surface area contributed by atoms with Gasteiger partial charge in [0.15, 0.2) is 0 Å². The van der Waals surface area contributed by atoms with E-state index in [-0.39, 0.29) is 5.41 Å². The number of amides is 1. The third-order valence-corrected chi connectivity index (χ3v) is 8.18. The molecule has 2 aromatic carbocycles. The van der Waals surface area contributed by atoms with Gasteiger partial charge in [-0.15, -0.1) is 0 Å². The van der Waals surface area contributed by atoms with Crippen molar-refractivity contribution in [1.29, 1.82) is 0 Å². The Labute approximate surface area is 201 Å². The maximum Gasteiger partial charge on any atom is 0.233 e. The van der Waals surface area contributed by atoms with Gasteiger partial charge in [-0.1, -0.05) is 48.7 Å². The molecule has 1 amide bonds. The van der Waals surface area contributed by atoms with Crippen LogP contribution in [0.4, 0.5) is 11.4 Å². The number of anilines is 2. The number of unbranched alkanes of at least 4 members (excludes halogenated alkanes) is 1. The van der Waals surface area contributed by atoms with E-state index in [1.54, 1.807) is 0 Å². The predicted molar refractivity (Wildman–Crippen MR) is 134 cm³/mol. The van der Waals surface area contributed by atoms with Gasteiger partial charge in [0, 0.05) is 29.2 Å². The van der Waals surface area contributed by atoms with E-state index in [1.807, 2.05) is 12.1 Å². The molecular formula is C27H32Cl2N2O. The van der Waals surface area contributed by atoms with Crippen molar-refractivity contribution >= 4 is 40.5 Å². The fourth-order valence-corrected chi connectivity index (χ4v) is 5.68. The first kappa shape index (κ1) is 22.1. The van der Waals surface area contributed by atoms with Crippen LogP contribution in [0, 0.1) is 5.41 Å². The first-order chi connectivity index (χ1) is 15.5. The third kappa shape index (κ3) is 4.26. The number of para-hydroxylation sites is 2. The molecule has 32 heavy (non-hydrogen) atoms. The quantitative estimate of drug-likeness (QED) is 0.411. The Morgan fingerprint density at radius 2 is 1.66 bits per heavy atom. The average Bonchev–Trinajstić information content (AvgIpc) is 3.72. The fraction of sp³-hybridized carbons (Fsp3) is 0.519. The zero-order valence-electron chi connectivity index (χ0n) is 18.9. The Kier molecular flexibility index (Phi) is 6.15. The molecule has 2 aliphatic carbocycles. The van der Waals surface area contributed by atoms with E-state index in [2.05, 4.69) is 41.0 Å². The minimum Gasteiger partial charge on any atom is -0.365 e. The zero-order valence-corrected chi connectivity index (χ0v) is 20.4.